The fraction of sp³-hybridized carbons (Fsp3) is 0.564. The summed E-state index contributed by atoms with van der Waals surface area (Å²) in [5.74, 6) is -0.509. The van der Waals surface area contributed by atoms with Crippen molar-refractivity contribution >= 4 is 11.9 Å². The summed E-state index contributed by atoms with van der Waals surface area (Å²) in [4.78, 5) is 25.3. The molecule has 0 saturated heterocycles. The smallest absolute Gasteiger partial charge is 0.306 e. The van der Waals surface area contributed by atoms with Gasteiger partial charge in [-0.1, -0.05) is 174 Å². The molecule has 5 heteroatoms. The van der Waals surface area contributed by atoms with Crippen LogP contribution in [0.1, 0.15) is 175 Å². The van der Waals surface area contributed by atoms with Gasteiger partial charge in [0.05, 0.1) is 6.61 Å². The minimum absolute atomic E-state index is 0.0253. The Kier molecular flexibility index (Phi) is 46.1. The Morgan fingerprint density at radius 2 is 0.700 bits per heavy atom. The molecule has 0 heterocycles. The fourth-order valence-electron chi connectivity index (χ4n) is 5.75. The van der Waals surface area contributed by atoms with E-state index in [4.69, 9.17) is 14.2 Å². The van der Waals surface area contributed by atoms with Gasteiger partial charge in [0, 0.05) is 19.4 Å². The van der Waals surface area contributed by atoms with Crippen LogP contribution in [0.5, 0.6) is 0 Å². The molecule has 5 nitrogen and oxygen atoms in total. The van der Waals surface area contributed by atoms with Crippen LogP contribution in [-0.2, 0) is 23.8 Å². The van der Waals surface area contributed by atoms with Gasteiger partial charge in [-0.2, -0.15) is 0 Å². The molecule has 0 aromatic heterocycles. The SMILES string of the molecule is CC/C=C\C/C=C\C/C=C\C/C=C\CCCCC(=O)OCC(COCCC/C=C\C/C=C\C/C=C\C/C=C\CC)OC(=O)CCCCCCC/C=C\C/C=C\C/C=C\CC. The minimum Gasteiger partial charge on any atom is -0.462 e. The summed E-state index contributed by atoms with van der Waals surface area (Å²) in [5.41, 5.74) is 0. The third-order valence-corrected chi connectivity index (χ3v) is 9.16. The summed E-state index contributed by atoms with van der Waals surface area (Å²) in [6.45, 7) is 7.25. The number of unbranched alkanes of at least 4 members (excludes halogenated alkanes) is 8. The quantitative estimate of drug-likeness (QED) is 0.0349. The van der Waals surface area contributed by atoms with Gasteiger partial charge in [0.15, 0.2) is 6.10 Å². The van der Waals surface area contributed by atoms with Gasteiger partial charge in [-0.3, -0.25) is 9.59 Å². The lowest BCUT2D eigenvalue weighted by molar-refractivity contribution is -0.163. The van der Waals surface area contributed by atoms with Crippen LogP contribution in [-0.4, -0.2) is 37.9 Å². The molecule has 0 rings (SSSR count). The Labute approximate surface area is 369 Å². The summed E-state index contributed by atoms with van der Waals surface area (Å²) < 4.78 is 17.2. The molecule has 0 aliphatic heterocycles. The lowest BCUT2D eigenvalue weighted by atomic mass is 10.1. The van der Waals surface area contributed by atoms with Crippen molar-refractivity contribution in [1.29, 1.82) is 0 Å². The van der Waals surface area contributed by atoms with E-state index in [-0.39, 0.29) is 25.2 Å². The summed E-state index contributed by atoms with van der Waals surface area (Å²) in [6, 6.07) is 0. The molecule has 336 valence electrons. The number of hydrogen-bond acceptors (Lipinski definition) is 5. The monoisotopic (exact) mass is 827 g/mol. The summed E-state index contributed by atoms with van der Waals surface area (Å²) >= 11 is 0. The number of esters is 2. The van der Waals surface area contributed by atoms with Gasteiger partial charge >= 0.3 is 11.9 Å². The molecular weight excluding hydrogens is 741 g/mol. The molecule has 0 aromatic carbocycles. The first kappa shape index (κ1) is 56.0. The minimum atomic E-state index is -0.599. The molecule has 0 spiro atoms. The molecule has 60 heavy (non-hydrogen) atoms. The second-order valence-electron chi connectivity index (χ2n) is 14.9. The van der Waals surface area contributed by atoms with Crippen molar-refractivity contribution < 1.29 is 23.8 Å². The van der Waals surface area contributed by atoms with Crippen molar-refractivity contribution in [3.8, 4) is 0 Å². The highest BCUT2D eigenvalue weighted by Gasteiger charge is 2.17. The Bertz CT molecular complexity index is 1300. The summed E-state index contributed by atoms with van der Waals surface area (Å²) in [6.07, 6.45) is 70.4. The third kappa shape index (κ3) is 46.7. The van der Waals surface area contributed by atoms with E-state index in [0.717, 1.165) is 135 Å². The average Bonchev–Trinajstić information content (AvgIpc) is 3.25. The van der Waals surface area contributed by atoms with Crippen molar-refractivity contribution in [2.24, 2.45) is 0 Å². The molecule has 0 N–H and O–H groups in total. The Balaban J connectivity index is 4.49. The van der Waals surface area contributed by atoms with E-state index in [1.165, 1.54) is 6.42 Å². The maximum Gasteiger partial charge on any atom is 0.306 e. The van der Waals surface area contributed by atoms with Gasteiger partial charge in [-0.15, -0.1) is 0 Å². The molecular formula is C55H86O5. The standard InChI is InChI=1S/C55H86O5/c1-4-7-10-13-16-19-22-25-28-30-33-36-39-42-45-48-54(56)59-52-53(51-58-50-47-44-41-38-35-32-27-24-21-18-15-12-9-6-3)60-55(57)49-46-43-40-37-34-31-29-26-23-20-17-14-11-8-5-2/h7-12,16-21,25-29,32-33,36,38,41,53H,4-6,13-15,22-24,30-31,34-35,37,39-40,42-52H2,1-3H3/b10-7-,11-8-,12-9-,19-16-,20-17-,21-18-,28-25-,29-26-,32-27-,36-33-,41-38-. The molecule has 0 amide bonds. The van der Waals surface area contributed by atoms with E-state index in [0.29, 0.717) is 19.4 Å². The molecule has 0 radical (unpaired) electrons. The first-order chi connectivity index (χ1) is 29.6. The van der Waals surface area contributed by atoms with Gasteiger partial charge < -0.3 is 14.2 Å². The zero-order valence-corrected chi connectivity index (χ0v) is 38.4. The second-order valence-corrected chi connectivity index (χ2v) is 14.9. The number of hydrogen-bond donors (Lipinski definition) is 0. The van der Waals surface area contributed by atoms with Crippen molar-refractivity contribution in [3.63, 3.8) is 0 Å². The van der Waals surface area contributed by atoms with E-state index in [1.54, 1.807) is 0 Å². The van der Waals surface area contributed by atoms with Crippen LogP contribution in [0.25, 0.3) is 0 Å². The van der Waals surface area contributed by atoms with Crippen LogP contribution in [0.2, 0.25) is 0 Å². The summed E-state index contributed by atoms with van der Waals surface area (Å²) in [7, 11) is 0. The molecule has 0 fully saturated rings. The number of rotatable bonds is 41. The molecule has 1 atom stereocenters. The van der Waals surface area contributed by atoms with E-state index in [2.05, 4.69) is 154 Å². The van der Waals surface area contributed by atoms with Crippen LogP contribution in [0.15, 0.2) is 134 Å². The normalized spacial score (nSPS) is 13.4. The number of ether oxygens (including phenoxy) is 3. The van der Waals surface area contributed by atoms with Gasteiger partial charge in [0.25, 0.3) is 0 Å². The maximum atomic E-state index is 12.8. The van der Waals surface area contributed by atoms with Crippen molar-refractivity contribution in [1.82, 2.24) is 0 Å². The highest BCUT2D eigenvalue weighted by Crippen LogP contribution is 2.11. The van der Waals surface area contributed by atoms with Gasteiger partial charge in [0.1, 0.15) is 6.61 Å². The molecule has 0 aliphatic carbocycles. The fourth-order valence-corrected chi connectivity index (χ4v) is 5.75. The van der Waals surface area contributed by atoms with Crippen LogP contribution in [0.4, 0.5) is 0 Å². The number of carbonyl (C=O) groups excluding carboxylic acids is 2. The first-order valence-electron chi connectivity index (χ1n) is 23.7. The Morgan fingerprint density at radius 3 is 1.15 bits per heavy atom. The van der Waals surface area contributed by atoms with Gasteiger partial charge in [0.2, 0.25) is 0 Å². The Morgan fingerprint density at radius 1 is 0.367 bits per heavy atom. The highest BCUT2D eigenvalue weighted by atomic mass is 16.6. The predicted octanol–water partition coefficient (Wildman–Crippen LogP) is 16.0. The van der Waals surface area contributed by atoms with Crippen LogP contribution >= 0.6 is 0 Å². The van der Waals surface area contributed by atoms with E-state index in [1.807, 2.05) is 0 Å². The third-order valence-electron chi connectivity index (χ3n) is 9.16. The maximum absolute atomic E-state index is 12.8. The lowest BCUT2D eigenvalue weighted by Gasteiger charge is -2.18. The molecule has 0 saturated carbocycles. The molecule has 0 aliphatic rings. The van der Waals surface area contributed by atoms with E-state index < -0.39 is 6.10 Å². The second kappa shape index (κ2) is 49.4. The van der Waals surface area contributed by atoms with Crippen LogP contribution in [0.3, 0.4) is 0 Å². The van der Waals surface area contributed by atoms with E-state index >= 15 is 0 Å². The molecule has 0 aromatic rings. The Hall–Kier alpha value is -3.96. The average molecular weight is 827 g/mol. The topological polar surface area (TPSA) is 61.8 Å². The largest absolute Gasteiger partial charge is 0.462 e. The zero-order chi connectivity index (χ0) is 43.5. The number of carbonyl (C=O) groups is 2. The van der Waals surface area contributed by atoms with Crippen molar-refractivity contribution in [2.75, 3.05) is 19.8 Å². The van der Waals surface area contributed by atoms with Crippen molar-refractivity contribution in [2.45, 2.75) is 181 Å². The highest BCUT2D eigenvalue weighted by molar-refractivity contribution is 5.70. The summed E-state index contributed by atoms with van der Waals surface area (Å²) in [5, 5.41) is 0. The first-order valence-corrected chi connectivity index (χ1v) is 23.7. The van der Waals surface area contributed by atoms with Crippen molar-refractivity contribution in [3.05, 3.63) is 134 Å². The van der Waals surface area contributed by atoms with E-state index in [9.17, 15) is 9.59 Å². The molecule has 0 bridgehead atoms. The number of allylic oxidation sites excluding steroid dienone is 22. The molecule has 1 unspecified atom stereocenters. The predicted molar refractivity (Wildman–Crippen MR) is 260 cm³/mol. The lowest BCUT2D eigenvalue weighted by Crippen LogP contribution is -2.30. The van der Waals surface area contributed by atoms with Crippen LogP contribution < -0.4 is 0 Å². The van der Waals surface area contributed by atoms with Crippen LogP contribution in [0, 0.1) is 0 Å². The zero-order valence-electron chi connectivity index (χ0n) is 38.4. The van der Waals surface area contributed by atoms with Gasteiger partial charge in [-0.05, 0) is 122 Å². The van der Waals surface area contributed by atoms with Gasteiger partial charge in [-0.25, -0.2) is 0 Å².